The molecule has 0 aliphatic carbocycles. The normalized spacial score (nSPS) is 17.9. The van der Waals surface area contributed by atoms with E-state index in [0.29, 0.717) is 31.5 Å². The molecule has 2 aromatic carbocycles. The molecule has 1 saturated heterocycles. The van der Waals surface area contributed by atoms with Crippen molar-refractivity contribution in [2.75, 3.05) is 24.6 Å². The van der Waals surface area contributed by atoms with Crippen LogP contribution < -0.4 is 4.90 Å². The molecule has 0 amide bonds. The van der Waals surface area contributed by atoms with Crippen LogP contribution in [0.2, 0.25) is 0 Å². The van der Waals surface area contributed by atoms with Crippen molar-refractivity contribution in [1.29, 1.82) is 0 Å². The molecule has 0 saturated carbocycles. The minimum atomic E-state index is -0.253. The number of ether oxygens (including phenoxy) is 1. The molecule has 6 heteroatoms. The van der Waals surface area contributed by atoms with Crippen LogP contribution in [-0.4, -0.2) is 29.8 Å². The summed E-state index contributed by atoms with van der Waals surface area (Å²) in [4.78, 5) is 6.50. The monoisotopic (exact) mass is 325 g/mol. The summed E-state index contributed by atoms with van der Waals surface area (Å²) in [7, 11) is 0. The summed E-state index contributed by atoms with van der Waals surface area (Å²) in [5, 5.41) is 4.08. The van der Waals surface area contributed by atoms with Crippen molar-refractivity contribution in [3.63, 3.8) is 0 Å². The molecule has 1 aliphatic heterocycles. The summed E-state index contributed by atoms with van der Waals surface area (Å²) >= 11 is 0. The zero-order chi connectivity index (χ0) is 16.4. The van der Waals surface area contributed by atoms with E-state index in [1.54, 1.807) is 12.1 Å². The van der Waals surface area contributed by atoms with Crippen molar-refractivity contribution in [3.8, 4) is 11.5 Å². The van der Waals surface area contributed by atoms with E-state index in [4.69, 9.17) is 9.26 Å². The number of benzene rings is 2. The smallest absolute Gasteiger partial charge is 0.266 e. The van der Waals surface area contributed by atoms with Crippen molar-refractivity contribution < 1.29 is 13.7 Å². The Morgan fingerprint density at radius 2 is 1.83 bits per heavy atom. The van der Waals surface area contributed by atoms with Gasteiger partial charge in [0.1, 0.15) is 11.9 Å². The average molecular weight is 325 g/mol. The van der Waals surface area contributed by atoms with Crippen LogP contribution in [0.15, 0.2) is 59.1 Å². The van der Waals surface area contributed by atoms with Crippen molar-refractivity contribution in [2.24, 2.45) is 0 Å². The number of morpholine rings is 1. The van der Waals surface area contributed by atoms with Crippen LogP contribution in [0.5, 0.6) is 0 Å². The van der Waals surface area contributed by atoms with Crippen LogP contribution in [0.1, 0.15) is 11.7 Å². The first-order valence-corrected chi connectivity index (χ1v) is 7.81. The lowest BCUT2D eigenvalue weighted by Crippen LogP contribution is -2.39. The molecule has 0 N–H and O–H groups in total. The van der Waals surface area contributed by atoms with Crippen LogP contribution in [0.25, 0.3) is 11.5 Å². The quantitative estimate of drug-likeness (QED) is 0.738. The Balaban J connectivity index is 1.52. The Morgan fingerprint density at radius 1 is 1.04 bits per heavy atom. The summed E-state index contributed by atoms with van der Waals surface area (Å²) in [6, 6.07) is 16.0. The lowest BCUT2D eigenvalue weighted by Gasteiger charge is -2.32. The van der Waals surface area contributed by atoms with Crippen LogP contribution in [-0.2, 0) is 4.74 Å². The zero-order valence-electron chi connectivity index (χ0n) is 12.9. The summed E-state index contributed by atoms with van der Waals surface area (Å²) in [5.74, 6) is 0.789. The minimum Gasteiger partial charge on any atom is -0.370 e. The molecule has 0 radical (unpaired) electrons. The molecule has 1 aliphatic rings. The summed E-state index contributed by atoms with van der Waals surface area (Å²) in [6.45, 7) is 1.84. The number of hydrogen-bond donors (Lipinski definition) is 0. The van der Waals surface area contributed by atoms with Crippen LogP contribution in [0.3, 0.4) is 0 Å². The van der Waals surface area contributed by atoms with E-state index in [1.807, 2.05) is 35.2 Å². The highest BCUT2D eigenvalue weighted by Crippen LogP contribution is 2.26. The Labute approximate surface area is 138 Å². The fourth-order valence-electron chi connectivity index (χ4n) is 2.75. The SMILES string of the molecule is Fc1ccc(C2CN(c3noc(-c4ccccc4)n3)CCO2)cc1. The molecule has 3 aromatic rings. The lowest BCUT2D eigenvalue weighted by atomic mass is 10.1. The molecule has 4 rings (SSSR count). The number of halogens is 1. The maximum Gasteiger partial charge on any atom is 0.266 e. The molecule has 1 fully saturated rings. The van der Waals surface area contributed by atoms with Gasteiger partial charge in [0, 0.05) is 12.1 Å². The molecular formula is C18H16FN3O2. The van der Waals surface area contributed by atoms with Crippen molar-refractivity contribution in [1.82, 2.24) is 10.1 Å². The first-order chi connectivity index (χ1) is 11.8. The fraction of sp³-hybridized carbons (Fsp3) is 0.222. The highest BCUT2D eigenvalue weighted by molar-refractivity contribution is 5.54. The maximum atomic E-state index is 13.1. The minimum absolute atomic E-state index is 0.141. The van der Waals surface area contributed by atoms with Gasteiger partial charge in [-0.3, -0.25) is 0 Å². The highest BCUT2D eigenvalue weighted by atomic mass is 19.1. The van der Waals surface area contributed by atoms with Gasteiger partial charge in [-0.1, -0.05) is 30.3 Å². The van der Waals surface area contributed by atoms with E-state index >= 15 is 0 Å². The maximum absolute atomic E-state index is 13.1. The largest absolute Gasteiger partial charge is 0.370 e. The first kappa shape index (κ1) is 14.8. The van der Waals surface area contributed by atoms with Crippen molar-refractivity contribution >= 4 is 5.95 Å². The average Bonchev–Trinajstić information content (AvgIpc) is 3.13. The molecule has 2 heterocycles. The van der Waals surface area contributed by atoms with E-state index in [0.717, 1.165) is 11.1 Å². The zero-order valence-corrected chi connectivity index (χ0v) is 12.9. The second kappa shape index (κ2) is 6.41. The number of hydrogen-bond acceptors (Lipinski definition) is 5. The highest BCUT2D eigenvalue weighted by Gasteiger charge is 2.25. The van der Waals surface area contributed by atoms with Gasteiger partial charge in [-0.15, -0.1) is 0 Å². The summed E-state index contributed by atoms with van der Waals surface area (Å²) < 4.78 is 24.2. The molecule has 0 spiro atoms. The molecule has 0 bridgehead atoms. The third-order valence-electron chi connectivity index (χ3n) is 4.03. The Morgan fingerprint density at radius 3 is 2.62 bits per heavy atom. The van der Waals surface area contributed by atoms with E-state index in [1.165, 1.54) is 12.1 Å². The van der Waals surface area contributed by atoms with Crippen LogP contribution >= 0.6 is 0 Å². The van der Waals surface area contributed by atoms with E-state index < -0.39 is 0 Å². The number of rotatable bonds is 3. The third kappa shape index (κ3) is 3.00. The van der Waals surface area contributed by atoms with Gasteiger partial charge in [-0.2, -0.15) is 4.98 Å². The standard InChI is InChI=1S/C18H16FN3O2/c19-15-8-6-13(7-9-15)16-12-22(10-11-23-16)18-20-17(24-21-18)14-4-2-1-3-5-14/h1-9,16H,10-12H2. The molecule has 1 unspecified atom stereocenters. The van der Waals surface area contributed by atoms with Gasteiger partial charge in [0.05, 0.1) is 13.2 Å². The lowest BCUT2D eigenvalue weighted by molar-refractivity contribution is 0.0390. The summed E-state index contributed by atoms with van der Waals surface area (Å²) in [6.07, 6.45) is -0.141. The molecule has 1 aromatic heterocycles. The van der Waals surface area contributed by atoms with Crippen LogP contribution in [0.4, 0.5) is 10.3 Å². The van der Waals surface area contributed by atoms with Gasteiger partial charge in [0.15, 0.2) is 0 Å². The Kier molecular flexibility index (Phi) is 3.96. The van der Waals surface area contributed by atoms with Crippen molar-refractivity contribution in [3.05, 3.63) is 66.0 Å². The van der Waals surface area contributed by atoms with Gasteiger partial charge >= 0.3 is 0 Å². The van der Waals surface area contributed by atoms with Crippen LogP contribution in [0, 0.1) is 5.82 Å². The van der Waals surface area contributed by atoms with E-state index in [-0.39, 0.29) is 11.9 Å². The van der Waals surface area contributed by atoms with Gasteiger partial charge in [0.2, 0.25) is 0 Å². The van der Waals surface area contributed by atoms with Gasteiger partial charge in [-0.05, 0) is 35.0 Å². The second-order valence-corrected chi connectivity index (χ2v) is 5.62. The van der Waals surface area contributed by atoms with E-state index in [9.17, 15) is 4.39 Å². The van der Waals surface area contributed by atoms with Gasteiger partial charge < -0.3 is 14.2 Å². The van der Waals surface area contributed by atoms with Crippen molar-refractivity contribution in [2.45, 2.75) is 6.10 Å². The van der Waals surface area contributed by atoms with Gasteiger partial charge in [-0.25, -0.2) is 4.39 Å². The first-order valence-electron chi connectivity index (χ1n) is 7.81. The fourth-order valence-corrected chi connectivity index (χ4v) is 2.75. The molecule has 5 nitrogen and oxygen atoms in total. The number of aromatic nitrogens is 2. The summed E-state index contributed by atoms with van der Waals surface area (Å²) in [5.41, 5.74) is 1.83. The predicted molar refractivity (Wildman–Crippen MR) is 87.0 cm³/mol. The Bertz CT molecular complexity index is 805. The number of nitrogens with zero attached hydrogens (tertiary/aromatic N) is 3. The van der Waals surface area contributed by atoms with E-state index in [2.05, 4.69) is 10.1 Å². The molecule has 122 valence electrons. The second-order valence-electron chi connectivity index (χ2n) is 5.62. The predicted octanol–water partition coefficient (Wildman–Crippen LogP) is 3.45. The third-order valence-corrected chi connectivity index (χ3v) is 4.03. The number of anilines is 1. The topological polar surface area (TPSA) is 51.4 Å². The molecule has 1 atom stereocenters. The molecule has 24 heavy (non-hydrogen) atoms. The van der Waals surface area contributed by atoms with Gasteiger partial charge in [0.25, 0.3) is 11.8 Å². The Hall–Kier alpha value is -2.73. The molecular weight excluding hydrogens is 309 g/mol.